The van der Waals surface area contributed by atoms with Crippen LogP contribution in [0.15, 0.2) is 30.3 Å². The van der Waals surface area contributed by atoms with Gasteiger partial charge >= 0.3 is 6.18 Å². The number of hydrogen-bond donors (Lipinski definition) is 1. The standard InChI is InChI=1S/C24H26F3N3O2S/c1-13(2)14-7-9-15(10-8-14)23-30-18-11-19(32-3)17(12-20(18)33-23)29-22(31)16-5-4-6-21(28-16)24(25,26)27/h4-6,11-15H,7-10H2,1-3H3,(H,29,31). The zero-order chi connectivity index (χ0) is 23.8. The van der Waals surface area contributed by atoms with E-state index in [9.17, 15) is 18.0 Å². The highest BCUT2D eigenvalue weighted by Crippen LogP contribution is 2.42. The van der Waals surface area contributed by atoms with Gasteiger partial charge in [-0.25, -0.2) is 9.97 Å². The Labute approximate surface area is 194 Å². The maximum absolute atomic E-state index is 12.9. The number of amides is 1. The average molecular weight is 478 g/mol. The van der Waals surface area contributed by atoms with E-state index in [1.54, 1.807) is 23.5 Å². The topological polar surface area (TPSA) is 64.1 Å². The first-order chi connectivity index (χ1) is 15.7. The third-order valence-corrected chi connectivity index (χ3v) is 7.49. The minimum Gasteiger partial charge on any atom is -0.494 e. The quantitative estimate of drug-likeness (QED) is 0.434. The molecular formula is C24H26F3N3O2S. The highest BCUT2D eigenvalue weighted by Gasteiger charge is 2.33. The summed E-state index contributed by atoms with van der Waals surface area (Å²) in [6.45, 7) is 4.55. The summed E-state index contributed by atoms with van der Waals surface area (Å²) in [5.74, 6) is 1.54. The van der Waals surface area contributed by atoms with Gasteiger partial charge in [-0.1, -0.05) is 19.9 Å². The molecule has 1 aliphatic rings. The van der Waals surface area contributed by atoms with E-state index in [2.05, 4.69) is 24.1 Å². The Hall–Kier alpha value is -2.68. The first-order valence-corrected chi connectivity index (χ1v) is 11.8. The van der Waals surface area contributed by atoms with Crippen molar-refractivity contribution >= 4 is 33.1 Å². The molecule has 5 nitrogen and oxygen atoms in total. The number of rotatable bonds is 5. The lowest BCUT2D eigenvalue weighted by atomic mass is 9.77. The molecule has 9 heteroatoms. The van der Waals surface area contributed by atoms with Gasteiger partial charge in [0.05, 0.1) is 28.0 Å². The number of anilines is 1. The number of hydrogen-bond acceptors (Lipinski definition) is 5. The van der Waals surface area contributed by atoms with Crippen LogP contribution in [0.25, 0.3) is 10.2 Å². The number of thiazole rings is 1. The van der Waals surface area contributed by atoms with E-state index in [0.717, 1.165) is 46.1 Å². The number of nitrogens with zero attached hydrogens (tertiary/aromatic N) is 2. The summed E-state index contributed by atoms with van der Waals surface area (Å²) in [5.41, 5.74) is -0.281. The third kappa shape index (κ3) is 5.13. The number of carbonyl (C=O) groups is 1. The normalized spacial score (nSPS) is 19.1. The van der Waals surface area contributed by atoms with E-state index in [1.807, 2.05) is 0 Å². The molecule has 0 saturated heterocycles. The van der Waals surface area contributed by atoms with Crippen LogP contribution >= 0.6 is 11.3 Å². The molecular weight excluding hydrogens is 451 g/mol. The summed E-state index contributed by atoms with van der Waals surface area (Å²) in [5, 5.41) is 3.72. The maximum atomic E-state index is 12.9. The summed E-state index contributed by atoms with van der Waals surface area (Å²) in [6.07, 6.45) is 0.00914. The van der Waals surface area contributed by atoms with Gasteiger partial charge in [-0.3, -0.25) is 4.79 Å². The van der Waals surface area contributed by atoms with E-state index >= 15 is 0 Å². The van der Waals surface area contributed by atoms with Crippen molar-refractivity contribution in [3.63, 3.8) is 0 Å². The molecule has 0 unspecified atom stereocenters. The Morgan fingerprint density at radius 2 is 1.88 bits per heavy atom. The van der Waals surface area contributed by atoms with E-state index in [-0.39, 0.29) is 5.69 Å². The number of halogens is 3. The number of fused-ring (bicyclic) bond motifs is 1. The second-order valence-corrected chi connectivity index (χ2v) is 9.85. The number of pyridine rings is 1. The Kier molecular flexibility index (Phi) is 6.61. The number of aromatic nitrogens is 2. The number of ether oxygens (including phenoxy) is 1. The van der Waals surface area contributed by atoms with Gasteiger partial charge in [0, 0.05) is 12.0 Å². The molecule has 2 heterocycles. The van der Waals surface area contributed by atoms with Gasteiger partial charge in [0.15, 0.2) is 0 Å². The molecule has 0 bridgehead atoms. The number of alkyl halides is 3. The average Bonchev–Trinajstić information content (AvgIpc) is 3.21. The summed E-state index contributed by atoms with van der Waals surface area (Å²) in [4.78, 5) is 20.9. The van der Waals surface area contributed by atoms with Crippen molar-refractivity contribution in [1.82, 2.24) is 9.97 Å². The van der Waals surface area contributed by atoms with Crippen LogP contribution in [-0.2, 0) is 6.18 Å². The van der Waals surface area contributed by atoms with Crippen LogP contribution in [0.1, 0.15) is 66.6 Å². The summed E-state index contributed by atoms with van der Waals surface area (Å²) in [7, 11) is 1.47. The lowest BCUT2D eigenvalue weighted by Gasteiger charge is -2.29. The summed E-state index contributed by atoms with van der Waals surface area (Å²) < 4.78 is 45.1. The predicted molar refractivity (Wildman–Crippen MR) is 123 cm³/mol. The van der Waals surface area contributed by atoms with Gasteiger partial charge in [-0.15, -0.1) is 11.3 Å². The smallest absolute Gasteiger partial charge is 0.433 e. The first kappa shape index (κ1) is 23.5. The largest absolute Gasteiger partial charge is 0.494 e. The first-order valence-electron chi connectivity index (χ1n) is 11.0. The molecule has 0 radical (unpaired) electrons. The van der Waals surface area contributed by atoms with Crippen LogP contribution in [0.5, 0.6) is 5.75 Å². The second-order valence-electron chi connectivity index (χ2n) is 8.79. The zero-order valence-electron chi connectivity index (χ0n) is 18.7. The van der Waals surface area contributed by atoms with Crippen LogP contribution < -0.4 is 10.1 Å². The van der Waals surface area contributed by atoms with Crippen molar-refractivity contribution in [3.8, 4) is 5.75 Å². The van der Waals surface area contributed by atoms with Crippen molar-refractivity contribution in [2.45, 2.75) is 51.6 Å². The Morgan fingerprint density at radius 1 is 1.15 bits per heavy atom. The van der Waals surface area contributed by atoms with E-state index in [1.165, 1.54) is 26.0 Å². The van der Waals surface area contributed by atoms with Gasteiger partial charge in [-0.05, 0) is 55.7 Å². The minimum atomic E-state index is -4.62. The Morgan fingerprint density at radius 3 is 2.52 bits per heavy atom. The number of carbonyl (C=O) groups excluding carboxylic acids is 1. The van der Waals surface area contributed by atoms with Crippen molar-refractivity contribution < 1.29 is 22.7 Å². The number of benzene rings is 1. The highest BCUT2D eigenvalue weighted by molar-refractivity contribution is 7.18. The van der Waals surface area contributed by atoms with Gasteiger partial charge in [-0.2, -0.15) is 13.2 Å². The molecule has 4 rings (SSSR count). The van der Waals surface area contributed by atoms with Crippen molar-refractivity contribution in [3.05, 3.63) is 46.7 Å². The zero-order valence-corrected chi connectivity index (χ0v) is 19.5. The second kappa shape index (κ2) is 9.29. The van der Waals surface area contributed by atoms with Gasteiger partial charge in [0.25, 0.3) is 5.91 Å². The van der Waals surface area contributed by atoms with Gasteiger partial charge in [0.1, 0.15) is 17.1 Å². The molecule has 0 atom stereocenters. The molecule has 1 aromatic carbocycles. The molecule has 0 spiro atoms. The Bertz CT molecular complexity index is 1150. The lowest BCUT2D eigenvalue weighted by Crippen LogP contribution is -2.17. The van der Waals surface area contributed by atoms with Crippen LogP contribution in [-0.4, -0.2) is 23.0 Å². The summed E-state index contributed by atoms with van der Waals surface area (Å²) in [6, 6.07) is 6.75. The number of nitrogens with one attached hydrogen (secondary N) is 1. The molecule has 1 fully saturated rings. The Balaban J connectivity index is 1.56. The molecule has 33 heavy (non-hydrogen) atoms. The minimum absolute atomic E-state index is 0.320. The molecule has 1 amide bonds. The fraction of sp³-hybridized carbons (Fsp3) is 0.458. The third-order valence-electron chi connectivity index (χ3n) is 6.31. The SMILES string of the molecule is COc1cc2nc(C3CCC(C(C)C)CC3)sc2cc1NC(=O)c1cccc(C(F)(F)F)n1. The molecule has 176 valence electrons. The molecule has 1 aliphatic carbocycles. The van der Waals surface area contributed by atoms with E-state index in [4.69, 9.17) is 9.72 Å². The number of methoxy groups -OCH3 is 1. The van der Waals surface area contributed by atoms with Crippen molar-refractivity contribution in [2.75, 3.05) is 12.4 Å². The van der Waals surface area contributed by atoms with E-state index < -0.39 is 17.8 Å². The molecule has 0 aliphatic heterocycles. The highest BCUT2D eigenvalue weighted by atomic mass is 32.1. The molecule has 2 aromatic heterocycles. The van der Waals surface area contributed by atoms with Crippen molar-refractivity contribution in [1.29, 1.82) is 0 Å². The van der Waals surface area contributed by atoms with Crippen LogP contribution in [0.3, 0.4) is 0 Å². The molecule has 1 N–H and O–H groups in total. The summed E-state index contributed by atoms with van der Waals surface area (Å²) >= 11 is 1.59. The fourth-order valence-corrected chi connectivity index (χ4v) is 5.51. The van der Waals surface area contributed by atoms with E-state index in [0.29, 0.717) is 23.3 Å². The van der Waals surface area contributed by atoms with Crippen LogP contribution in [0.2, 0.25) is 0 Å². The van der Waals surface area contributed by atoms with Crippen molar-refractivity contribution in [2.24, 2.45) is 11.8 Å². The van der Waals surface area contributed by atoms with Crippen LogP contribution in [0, 0.1) is 11.8 Å². The van der Waals surface area contributed by atoms with Gasteiger partial charge in [0.2, 0.25) is 0 Å². The maximum Gasteiger partial charge on any atom is 0.433 e. The van der Waals surface area contributed by atoms with Gasteiger partial charge < -0.3 is 10.1 Å². The lowest BCUT2D eigenvalue weighted by molar-refractivity contribution is -0.141. The molecule has 1 saturated carbocycles. The van der Waals surface area contributed by atoms with Crippen LogP contribution in [0.4, 0.5) is 18.9 Å². The predicted octanol–water partition coefficient (Wildman–Crippen LogP) is 6.90. The molecule has 3 aromatic rings. The monoisotopic (exact) mass is 477 g/mol. The fourth-order valence-electron chi connectivity index (χ4n) is 4.35.